The van der Waals surface area contributed by atoms with Gasteiger partial charge >= 0.3 is 0 Å². The van der Waals surface area contributed by atoms with Crippen molar-refractivity contribution >= 4 is 0 Å². The van der Waals surface area contributed by atoms with E-state index in [2.05, 4.69) is 6.58 Å². The summed E-state index contributed by atoms with van der Waals surface area (Å²) in [7, 11) is 1.61. The van der Waals surface area contributed by atoms with Crippen molar-refractivity contribution in [2.24, 2.45) is 0 Å². The van der Waals surface area contributed by atoms with Gasteiger partial charge in [0.1, 0.15) is 6.10 Å². The first-order valence-electron chi connectivity index (χ1n) is 5.73. The Bertz CT molecular complexity index is 311. The topological polar surface area (TPSA) is 38.7 Å². The van der Waals surface area contributed by atoms with Gasteiger partial charge in [-0.15, -0.1) is 6.58 Å². The van der Waals surface area contributed by atoms with Gasteiger partial charge in [0.25, 0.3) is 0 Å². The molecule has 0 aliphatic carbocycles. The number of aliphatic hydroxyl groups is 1. The monoisotopic (exact) mass is 236 g/mol. The van der Waals surface area contributed by atoms with Crippen LogP contribution < -0.4 is 0 Å². The van der Waals surface area contributed by atoms with Crippen LogP contribution in [0.2, 0.25) is 0 Å². The van der Waals surface area contributed by atoms with Crippen LogP contribution in [-0.2, 0) is 16.1 Å². The summed E-state index contributed by atoms with van der Waals surface area (Å²) in [6.07, 6.45) is 1.89. The molecule has 0 fully saturated rings. The Morgan fingerprint density at radius 3 is 2.59 bits per heavy atom. The number of methoxy groups -OCH3 is 1. The molecular formula is C14H20O3. The SMILES string of the molecule is C=C[C@@H](OC)[C@@H](CCO)OCc1ccccc1. The van der Waals surface area contributed by atoms with Gasteiger partial charge in [0.15, 0.2) is 0 Å². The van der Waals surface area contributed by atoms with E-state index in [1.807, 2.05) is 30.3 Å². The quantitative estimate of drug-likeness (QED) is 0.703. The lowest BCUT2D eigenvalue weighted by Gasteiger charge is -2.23. The maximum atomic E-state index is 9.00. The van der Waals surface area contributed by atoms with Gasteiger partial charge in [0.05, 0.1) is 12.7 Å². The van der Waals surface area contributed by atoms with Crippen molar-refractivity contribution in [3.8, 4) is 0 Å². The van der Waals surface area contributed by atoms with Crippen LogP contribution in [-0.4, -0.2) is 31.0 Å². The van der Waals surface area contributed by atoms with Crippen LogP contribution in [0.3, 0.4) is 0 Å². The molecule has 94 valence electrons. The predicted molar refractivity (Wildman–Crippen MR) is 67.7 cm³/mol. The Morgan fingerprint density at radius 1 is 1.35 bits per heavy atom. The first-order chi connectivity index (χ1) is 8.31. The summed E-state index contributed by atoms with van der Waals surface area (Å²) >= 11 is 0. The Labute approximate surface area is 103 Å². The fourth-order valence-electron chi connectivity index (χ4n) is 1.65. The molecule has 1 aromatic rings. The highest BCUT2D eigenvalue weighted by atomic mass is 16.5. The second kappa shape index (κ2) is 8.01. The average Bonchev–Trinajstić information content (AvgIpc) is 2.38. The molecule has 2 atom stereocenters. The fourth-order valence-corrected chi connectivity index (χ4v) is 1.65. The normalized spacial score (nSPS) is 14.2. The van der Waals surface area contributed by atoms with E-state index in [1.54, 1.807) is 13.2 Å². The van der Waals surface area contributed by atoms with Gasteiger partial charge in [-0.05, 0) is 12.0 Å². The third kappa shape index (κ3) is 4.69. The van der Waals surface area contributed by atoms with Gasteiger partial charge in [0, 0.05) is 13.7 Å². The molecule has 0 bridgehead atoms. The van der Waals surface area contributed by atoms with Gasteiger partial charge in [-0.25, -0.2) is 0 Å². The maximum absolute atomic E-state index is 9.00. The Kier molecular flexibility index (Phi) is 6.55. The summed E-state index contributed by atoms with van der Waals surface area (Å²) in [5.74, 6) is 0. The van der Waals surface area contributed by atoms with Crippen molar-refractivity contribution in [3.05, 3.63) is 48.6 Å². The molecule has 0 saturated carbocycles. The van der Waals surface area contributed by atoms with E-state index in [4.69, 9.17) is 14.6 Å². The predicted octanol–water partition coefficient (Wildman–Crippen LogP) is 2.16. The van der Waals surface area contributed by atoms with Crippen molar-refractivity contribution in [1.29, 1.82) is 0 Å². The molecule has 0 aliphatic rings. The molecule has 0 unspecified atom stereocenters. The zero-order valence-corrected chi connectivity index (χ0v) is 10.2. The Morgan fingerprint density at radius 2 is 2.06 bits per heavy atom. The highest BCUT2D eigenvalue weighted by molar-refractivity contribution is 5.13. The number of ether oxygens (including phenoxy) is 2. The largest absolute Gasteiger partial charge is 0.396 e. The zero-order valence-electron chi connectivity index (χ0n) is 10.2. The van der Waals surface area contributed by atoms with Crippen molar-refractivity contribution < 1.29 is 14.6 Å². The third-order valence-corrected chi connectivity index (χ3v) is 2.59. The Balaban J connectivity index is 2.52. The van der Waals surface area contributed by atoms with E-state index in [0.717, 1.165) is 5.56 Å². The summed E-state index contributed by atoms with van der Waals surface area (Å²) < 4.78 is 11.0. The first kappa shape index (κ1) is 13.9. The summed E-state index contributed by atoms with van der Waals surface area (Å²) in [5.41, 5.74) is 1.11. The minimum atomic E-state index is -0.189. The van der Waals surface area contributed by atoms with Crippen LogP contribution in [0.1, 0.15) is 12.0 Å². The first-order valence-corrected chi connectivity index (χ1v) is 5.73. The van der Waals surface area contributed by atoms with Crippen LogP contribution >= 0.6 is 0 Å². The minimum Gasteiger partial charge on any atom is -0.396 e. The number of benzene rings is 1. The van der Waals surface area contributed by atoms with Crippen LogP contribution in [0, 0.1) is 0 Å². The van der Waals surface area contributed by atoms with Crippen molar-refractivity contribution in [2.75, 3.05) is 13.7 Å². The molecule has 1 rings (SSSR count). The van der Waals surface area contributed by atoms with Gasteiger partial charge in [-0.3, -0.25) is 0 Å². The van der Waals surface area contributed by atoms with Gasteiger partial charge in [0.2, 0.25) is 0 Å². The van der Waals surface area contributed by atoms with Crippen molar-refractivity contribution in [3.63, 3.8) is 0 Å². The van der Waals surface area contributed by atoms with E-state index in [-0.39, 0.29) is 18.8 Å². The number of hydrogen-bond donors (Lipinski definition) is 1. The summed E-state index contributed by atoms with van der Waals surface area (Å²) in [4.78, 5) is 0. The molecule has 1 N–H and O–H groups in total. The Hall–Kier alpha value is -1.16. The van der Waals surface area contributed by atoms with E-state index >= 15 is 0 Å². The van der Waals surface area contributed by atoms with E-state index in [1.165, 1.54) is 0 Å². The second-order valence-corrected chi connectivity index (χ2v) is 3.78. The molecule has 0 radical (unpaired) electrons. The second-order valence-electron chi connectivity index (χ2n) is 3.78. The van der Waals surface area contributed by atoms with E-state index in [9.17, 15) is 0 Å². The van der Waals surface area contributed by atoms with Gasteiger partial charge < -0.3 is 14.6 Å². The lowest BCUT2D eigenvalue weighted by molar-refractivity contribution is -0.0530. The van der Waals surface area contributed by atoms with E-state index in [0.29, 0.717) is 13.0 Å². The highest BCUT2D eigenvalue weighted by Gasteiger charge is 2.18. The molecule has 1 aromatic carbocycles. The lowest BCUT2D eigenvalue weighted by Crippen LogP contribution is -2.30. The van der Waals surface area contributed by atoms with Crippen LogP contribution in [0.4, 0.5) is 0 Å². The molecule has 0 spiro atoms. The summed E-state index contributed by atoms with van der Waals surface area (Å²) in [5, 5.41) is 9.00. The number of aliphatic hydroxyl groups excluding tert-OH is 1. The molecular weight excluding hydrogens is 216 g/mol. The summed E-state index contributed by atoms with van der Waals surface area (Å²) in [6.45, 7) is 4.29. The molecule has 0 saturated heterocycles. The molecule has 17 heavy (non-hydrogen) atoms. The smallest absolute Gasteiger partial charge is 0.101 e. The molecule has 0 heterocycles. The average molecular weight is 236 g/mol. The van der Waals surface area contributed by atoms with Crippen LogP contribution in [0.15, 0.2) is 43.0 Å². The number of rotatable bonds is 8. The van der Waals surface area contributed by atoms with Gasteiger partial charge in [-0.2, -0.15) is 0 Å². The molecule has 3 nitrogen and oxygen atoms in total. The molecule has 3 heteroatoms. The zero-order chi connectivity index (χ0) is 12.5. The molecule has 0 aliphatic heterocycles. The summed E-state index contributed by atoms with van der Waals surface area (Å²) in [6, 6.07) is 9.93. The standard InChI is InChI=1S/C14H20O3/c1-3-13(16-2)14(9-10-15)17-11-12-7-5-4-6-8-12/h3-8,13-15H,1,9-11H2,2H3/t13-,14-/m1/s1. The van der Waals surface area contributed by atoms with Crippen LogP contribution in [0.25, 0.3) is 0 Å². The highest BCUT2D eigenvalue weighted by Crippen LogP contribution is 2.12. The van der Waals surface area contributed by atoms with Gasteiger partial charge in [-0.1, -0.05) is 36.4 Å². The van der Waals surface area contributed by atoms with Crippen molar-refractivity contribution in [2.45, 2.75) is 25.2 Å². The lowest BCUT2D eigenvalue weighted by atomic mass is 10.1. The maximum Gasteiger partial charge on any atom is 0.101 e. The third-order valence-electron chi connectivity index (χ3n) is 2.59. The van der Waals surface area contributed by atoms with E-state index < -0.39 is 0 Å². The van der Waals surface area contributed by atoms with Crippen molar-refractivity contribution in [1.82, 2.24) is 0 Å². The minimum absolute atomic E-state index is 0.0765. The number of hydrogen-bond acceptors (Lipinski definition) is 3. The fraction of sp³-hybridized carbons (Fsp3) is 0.429. The molecule has 0 amide bonds. The molecule has 0 aromatic heterocycles. The van der Waals surface area contributed by atoms with Crippen LogP contribution in [0.5, 0.6) is 0 Å².